The molecule has 0 spiro atoms. The van der Waals surface area contributed by atoms with Crippen molar-refractivity contribution in [3.8, 4) is 0 Å². The van der Waals surface area contributed by atoms with Crippen molar-refractivity contribution in [1.29, 1.82) is 0 Å². The topological polar surface area (TPSA) is 82.1 Å². The Kier molecular flexibility index (Phi) is 7.49. The first-order valence-corrected chi connectivity index (χ1v) is 10.6. The zero-order chi connectivity index (χ0) is 19.2. The molecule has 3 fully saturated rings. The minimum Gasteiger partial charge on any atom is -0.390 e. The van der Waals surface area contributed by atoms with Gasteiger partial charge in [0.2, 0.25) is 5.91 Å². The third-order valence-corrected chi connectivity index (χ3v) is 6.27. The Morgan fingerprint density at radius 2 is 1.74 bits per heavy atom. The van der Waals surface area contributed by atoms with Gasteiger partial charge in [-0.15, -0.1) is 0 Å². The SMILES string of the molecule is CC(=O)N1CCN(CC[C@@H]2CC[C@H](O)[C@@H](C(=O)NC3CCCCC3)O2)CC1. The zero-order valence-corrected chi connectivity index (χ0v) is 16.6. The van der Waals surface area contributed by atoms with Crippen molar-refractivity contribution in [3.05, 3.63) is 0 Å². The second-order valence-corrected chi connectivity index (χ2v) is 8.30. The van der Waals surface area contributed by atoms with Gasteiger partial charge in [0.25, 0.3) is 5.91 Å². The fourth-order valence-electron chi connectivity index (χ4n) is 4.47. The van der Waals surface area contributed by atoms with Gasteiger partial charge in [0.1, 0.15) is 0 Å². The van der Waals surface area contributed by atoms with E-state index in [4.69, 9.17) is 4.74 Å². The highest BCUT2D eigenvalue weighted by atomic mass is 16.5. The highest BCUT2D eigenvalue weighted by Crippen LogP contribution is 2.24. The molecule has 0 unspecified atom stereocenters. The molecule has 2 N–H and O–H groups in total. The van der Waals surface area contributed by atoms with E-state index < -0.39 is 12.2 Å². The van der Waals surface area contributed by atoms with Crippen LogP contribution in [0.1, 0.15) is 58.3 Å². The molecule has 7 heteroatoms. The molecule has 0 aromatic carbocycles. The number of hydrogen-bond acceptors (Lipinski definition) is 5. The largest absolute Gasteiger partial charge is 0.390 e. The minimum absolute atomic E-state index is 0.0151. The molecular weight excluding hydrogens is 346 g/mol. The molecule has 154 valence electrons. The number of amides is 2. The third-order valence-electron chi connectivity index (χ3n) is 6.27. The molecule has 0 bridgehead atoms. The molecule has 0 radical (unpaired) electrons. The van der Waals surface area contributed by atoms with E-state index in [1.54, 1.807) is 6.92 Å². The Labute approximate surface area is 162 Å². The molecule has 0 aromatic rings. The smallest absolute Gasteiger partial charge is 0.252 e. The average molecular weight is 382 g/mol. The fourth-order valence-corrected chi connectivity index (χ4v) is 4.47. The second kappa shape index (κ2) is 9.85. The van der Waals surface area contributed by atoms with Gasteiger partial charge in [-0.3, -0.25) is 14.5 Å². The van der Waals surface area contributed by atoms with Gasteiger partial charge < -0.3 is 20.1 Å². The maximum Gasteiger partial charge on any atom is 0.252 e. The summed E-state index contributed by atoms with van der Waals surface area (Å²) in [6, 6.07) is 0.236. The lowest BCUT2D eigenvalue weighted by Gasteiger charge is -2.37. The van der Waals surface area contributed by atoms with Gasteiger partial charge in [0, 0.05) is 45.7 Å². The molecule has 2 aliphatic heterocycles. The highest BCUT2D eigenvalue weighted by Gasteiger charge is 2.36. The van der Waals surface area contributed by atoms with Gasteiger partial charge in [0.15, 0.2) is 6.10 Å². The van der Waals surface area contributed by atoms with Gasteiger partial charge >= 0.3 is 0 Å². The number of aliphatic hydroxyl groups excluding tert-OH is 1. The Bertz CT molecular complexity index is 501. The normalized spacial score (nSPS) is 30.9. The molecule has 7 nitrogen and oxygen atoms in total. The summed E-state index contributed by atoms with van der Waals surface area (Å²) in [6.45, 7) is 5.87. The summed E-state index contributed by atoms with van der Waals surface area (Å²) < 4.78 is 6.00. The van der Waals surface area contributed by atoms with Crippen LogP contribution in [0.25, 0.3) is 0 Å². The van der Waals surface area contributed by atoms with Crippen LogP contribution in [0, 0.1) is 0 Å². The summed E-state index contributed by atoms with van der Waals surface area (Å²) >= 11 is 0. The molecule has 1 aliphatic carbocycles. The number of aliphatic hydroxyl groups is 1. The number of nitrogens with zero attached hydrogens (tertiary/aromatic N) is 2. The summed E-state index contributed by atoms with van der Waals surface area (Å²) in [7, 11) is 0. The van der Waals surface area contributed by atoms with Gasteiger partial charge in [-0.2, -0.15) is 0 Å². The third kappa shape index (κ3) is 5.90. The predicted molar refractivity (Wildman–Crippen MR) is 102 cm³/mol. The van der Waals surface area contributed by atoms with Crippen molar-refractivity contribution in [2.75, 3.05) is 32.7 Å². The summed E-state index contributed by atoms with van der Waals surface area (Å²) in [5.74, 6) is 0.000226. The molecule has 27 heavy (non-hydrogen) atoms. The van der Waals surface area contributed by atoms with Crippen LogP contribution < -0.4 is 5.32 Å². The molecule has 2 heterocycles. The number of carbonyl (C=O) groups excluding carboxylic acids is 2. The van der Waals surface area contributed by atoms with Crippen molar-refractivity contribution < 1.29 is 19.4 Å². The van der Waals surface area contributed by atoms with E-state index >= 15 is 0 Å². The van der Waals surface area contributed by atoms with E-state index in [-0.39, 0.29) is 24.0 Å². The Balaban J connectivity index is 1.41. The number of piperazine rings is 1. The molecule has 0 aromatic heterocycles. The van der Waals surface area contributed by atoms with Gasteiger partial charge in [0.05, 0.1) is 12.2 Å². The molecule has 2 amide bonds. The van der Waals surface area contributed by atoms with Crippen LogP contribution in [0.5, 0.6) is 0 Å². The van der Waals surface area contributed by atoms with Crippen LogP contribution in [0.3, 0.4) is 0 Å². The highest BCUT2D eigenvalue weighted by molar-refractivity contribution is 5.81. The maximum absolute atomic E-state index is 12.6. The van der Waals surface area contributed by atoms with Crippen LogP contribution in [0.15, 0.2) is 0 Å². The van der Waals surface area contributed by atoms with Crippen molar-refractivity contribution in [1.82, 2.24) is 15.1 Å². The lowest BCUT2D eigenvalue weighted by molar-refractivity contribution is -0.159. The monoisotopic (exact) mass is 381 g/mol. The lowest BCUT2D eigenvalue weighted by atomic mass is 9.94. The number of hydrogen-bond donors (Lipinski definition) is 2. The molecule has 3 rings (SSSR count). The van der Waals surface area contributed by atoms with Crippen LogP contribution >= 0.6 is 0 Å². The van der Waals surface area contributed by atoms with E-state index in [0.717, 1.165) is 58.4 Å². The summed E-state index contributed by atoms with van der Waals surface area (Å²) in [6.07, 6.45) is 6.49. The predicted octanol–water partition coefficient (Wildman–Crippen LogP) is 0.898. The van der Waals surface area contributed by atoms with Crippen molar-refractivity contribution in [2.24, 2.45) is 0 Å². The molecule has 1 saturated carbocycles. The number of carbonyl (C=O) groups is 2. The number of rotatable bonds is 5. The van der Waals surface area contributed by atoms with Crippen LogP contribution in [0.2, 0.25) is 0 Å². The first kappa shape index (κ1) is 20.6. The van der Waals surface area contributed by atoms with E-state index in [9.17, 15) is 14.7 Å². The average Bonchev–Trinajstić information content (AvgIpc) is 2.68. The lowest BCUT2D eigenvalue weighted by Crippen LogP contribution is -2.52. The standard InChI is InChI=1S/C20H35N3O4/c1-15(24)23-13-11-22(12-14-23)10-9-17-7-8-18(25)19(27-17)20(26)21-16-5-3-2-4-6-16/h16-19,25H,2-14H2,1H3,(H,21,26)/t17-,18-,19-/m0/s1. The Morgan fingerprint density at radius 1 is 1.04 bits per heavy atom. The van der Waals surface area contributed by atoms with E-state index in [0.29, 0.717) is 6.42 Å². The van der Waals surface area contributed by atoms with Gasteiger partial charge in [-0.05, 0) is 32.1 Å². The van der Waals surface area contributed by atoms with Crippen molar-refractivity contribution in [3.63, 3.8) is 0 Å². The summed E-state index contributed by atoms with van der Waals surface area (Å²) in [4.78, 5) is 28.2. The zero-order valence-electron chi connectivity index (χ0n) is 16.6. The van der Waals surface area contributed by atoms with E-state index in [2.05, 4.69) is 10.2 Å². The minimum atomic E-state index is -0.736. The second-order valence-electron chi connectivity index (χ2n) is 8.30. The molecule has 3 atom stereocenters. The molecule has 2 saturated heterocycles. The van der Waals surface area contributed by atoms with Crippen molar-refractivity contribution in [2.45, 2.75) is 82.6 Å². The van der Waals surface area contributed by atoms with E-state index in [1.807, 2.05) is 4.90 Å². The fraction of sp³-hybridized carbons (Fsp3) is 0.900. The number of ether oxygens (including phenoxy) is 1. The molecular formula is C20H35N3O4. The van der Waals surface area contributed by atoms with Gasteiger partial charge in [-0.1, -0.05) is 19.3 Å². The van der Waals surface area contributed by atoms with Crippen LogP contribution in [-0.2, 0) is 14.3 Å². The first-order chi connectivity index (χ1) is 13.0. The Morgan fingerprint density at radius 3 is 2.41 bits per heavy atom. The summed E-state index contributed by atoms with van der Waals surface area (Å²) in [5, 5.41) is 13.3. The summed E-state index contributed by atoms with van der Waals surface area (Å²) in [5.41, 5.74) is 0. The number of nitrogens with one attached hydrogen (secondary N) is 1. The van der Waals surface area contributed by atoms with Crippen molar-refractivity contribution >= 4 is 11.8 Å². The molecule has 3 aliphatic rings. The first-order valence-electron chi connectivity index (χ1n) is 10.6. The maximum atomic E-state index is 12.6. The van der Waals surface area contributed by atoms with Crippen LogP contribution in [-0.4, -0.2) is 83.8 Å². The quantitative estimate of drug-likeness (QED) is 0.739. The van der Waals surface area contributed by atoms with E-state index in [1.165, 1.54) is 19.3 Å². The van der Waals surface area contributed by atoms with Crippen LogP contribution in [0.4, 0.5) is 0 Å². The van der Waals surface area contributed by atoms with Gasteiger partial charge in [-0.25, -0.2) is 0 Å². The Hall–Kier alpha value is -1.18.